The van der Waals surface area contributed by atoms with Gasteiger partial charge in [0.05, 0.1) is 18.8 Å². The van der Waals surface area contributed by atoms with Crippen LogP contribution in [0.5, 0.6) is 0 Å². The first kappa shape index (κ1) is 19.6. The minimum Gasteiger partial charge on any atom is -0.379 e. The molecule has 4 rings (SSSR count). The van der Waals surface area contributed by atoms with Gasteiger partial charge in [0.15, 0.2) is 0 Å². The van der Waals surface area contributed by atoms with Gasteiger partial charge in [0.2, 0.25) is 0 Å². The first-order valence-corrected chi connectivity index (χ1v) is 11.1. The summed E-state index contributed by atoms with van der Waals surface area (Å²) in [6, 6.07) is 4.60. The summed E-state index contributed by atoms with van der Waals surface area (Å²) >= 11 is 0. The molecule has 1 aromatic rings. The number of hydrogen-bond acceptors (Lipinski definition) is 5. The van der Waals surface area contributed by atoms with Crippen LogP contribution in [0.2, 0.25) is 0 Å². The highest BCUT2D eigenvalue weighted by atomic mass is 16.5. The van der Waals surface area contributed by atoms with Gasteiger partial charge in [-0.2, -0.15) is 0 Å². The SMILES string of the molecule is O=C(c1ccc(N2CCCCCCC2)nc1)N1CCC(N2CCOCC2)CC1. The lowest BCUT2D eigenvalue weighted by Gasteiger charge is -2.40. The molecule has 0 aromatic carbocycles. The highest BCUT2D eigenvalue weighted by Gasteiger charge is 2.28. The van der Waals surface area contributed by atoms with E-state index in [1.165, 1.54) is 32.1 Å². The maximum Gasteiger partial charge on any atom is 0.255 e. The molecule has 0 aliphatic carbocycles. The molecule has 3 aliphatic rings. The van der Waals surface area contributed by atoms with E-state index >= 15 is 0 Å². The van der Waals surface area contributed by atoms with Gasteiger partial charge in [-0.1, -0.05) is 19.3 Å². The topological polar surface area (TPSA) is 48.9 Å². The highest BCUT2D eigenvalue weighted by Crippen LogP contribution is 2.21. The predicted octanol–water partition coefficient (Wildman–Crippen LogP) is 2.79. The molecule has 0 unspecified atom stereocenters. The second kappa shape index (κ2) is 9.70. The largest absolute Gasteiger partial charge is 0.379 e. The number of aromatic nitrogens is 1. The van der Waals surface area contributed by atoms with Crippen molar-refractivity contribution < 1.29 is 9.53 Å². The average molecular weight is 387 g/mol. The summed E-state index contributed by atoms with van der Waals surface area (Å²) in [6.45, 7) is 7.58. The van der Waals surface area contributed by atoms with Gasteiger partial charge in [0.1, 0.15) is 5.82 Å². The summed E-state index contributed by atoms with van der Waals surface area (Å²) in [5, 5.41) is 0. The normalized spacial score (nSPS) is 23.3. The van der Waals surface area contributed by atoms with E-state index < -0.39 is 0 Å². The molecule has 3 fully saturated rings. The fourth-order valence-electron chi connectivity index (χ4n) is 4.74. The summed E-state index contributed by atoms with van der Waals surface area (Å²) in [6.07, 6.45) is 10.4. The van der Waals surface area contributed by atoms with Crippen molar-refractivity contribution in [3.05, 3.63) is 23.9 Å². The number of rotatable bonds is 3. The number of nitrogens with zero attached hydrogens (tertiary/aromatic N) is 4. The van der Waals surface area contributed by atoms with Crippen LogP contribution in [0.25, 0.3) is 0 Å². The zero-order chi connectivity index (χ0) is 19.2. The number of carbonyl (C=O) groups is 1. The minimum atomic E-state index is 0.132. The Morgan fingerprint density at radius 3 is 2.21 bits per heavy atom. The summed E-state index contributed by atoms with van der Waals surface area (Å²) in [5.74, 6) is 1.15. The number of amides is 1. The van der Waals surface area contributed by atoms with Crippen molar-refractivity contribution in [2.75, 3.05) is 57.4 Å². The molecule has 1 amide bonds. The van der Waals surface area contributed by atoms with Gasteiger partial charge in [0.25, 0.3) is 5.91 Å². The van der Waals surface area contributed by atoms with E-state index in [0.717, 1.165) is 76.7 Å². The molecular weight excluding hydrogens is 352 g/mol. The molecular formula is C22H34N4O2. The molecule has 0 radical (unpaired) electrons. The van der Waals surface area contributed by atoms with Crippen LogP contribution in [0.4, 0.5) is 5.82 Å². The fraction of sp³-hybridized carbons (Fsp3) is 0.727. The van der Waals surface area contributed by atoms with Crippen LogP contribution in [0.1, 0.15) is 55.3 Å². The van der Waals surface area contributed by atoms with Crippen molar-refractivity contribution in [2.45, 2.75) is 51.0 Å². The number of pyridine rings is 1. The lowest BCUT2D eigenvalue weighted by atomic mass is 10.0. The molecule has 0 atom stereocenters. The van der Waals surface area contributed by atoms with Crippen molar-refractivity contribution in [3.63, 3.8) is 0 Å². The second-order valence-corrected chi connectivity index (χ2v) is 8.33. The smallest absolute Gasteiger partial charge is 0.255 e. The van der Waals surface area contributed by atoms with E-state index in [0.29, 0.717) is 6.04 Å². The second-order valence-electron chi connectivity index (χ2n) is 8.33. The molecule has 154 valence electrons. The monoisotopic (exact) mass is 386 g/mol. The summed E-state index contributed by atoms with van der Waals surface area (Å²) in [5.41, 5.74) is 0.723. The molecule has 0 N–H and O–H groups in total. The third-order valence-corrected chi connectivity index (χ3v) is 6.49. The lowest BCUT2D eigenvalue weighted by Crippen LogP contribution is -2.50. The van der Waals surface area contributed by atoms with Gasteiger partial charge in [-0.3, -0.25) is 9.69 Å². The van der Waals surface area contributed by atoms with Gasteiger partial charge < -0.3 is 14.5 Å². The van der Waals surface area contributed by atoms with E-state index in [2.05, 4.69) is 14.8 Å². The zero-order valence-corrected chi connectivity index (χ0v) is 17.0. The Morgan fingerprint density at radius 1 is 0.893 bits per heavy atom. The summed E-state index contributed by atoms with van der Waals surface area (Å²) in [7, 11) is 0. The quantitative estimate of drug-likeness (QED) is 0.800. The van der Waals surface area contributed by atoms with Gasteiger partial charge in [-0.15, -0.1) is 0 Å². The Kier molecular flexibility index (Phi) is 6.81. The van der Waals surface area contributed by atoms with Crippen LogP contribution >= 0.6 is 0 Å². The van der Waals surface area contributed by atoms with E-state index in [-0.39, 0.29) is 5.91 Å². The molecule has 3 aliphatic heterocycles. The molecule has 4 heterocycles. The minimum absolute atomic E-state index is 0.132. The van der Waals surface area contributed by atoms with E-state index in [9.17, 15) is 4.79 Å². The Balaban J connectivity index is 1.31. The van der Waals surface area contributed by atoms with Crippen molar-refractivity contribution in [3.8, 4) is 0 Å². The van der Waals surface area contributed by atoms with Crippen LogP contribution in [-0.2, 0) is 4.74 Å². The molecule has 1 aromatic heterocycles. The number of ether oxygens (including phenoxy) is 1. The molecule has 0 saturated carbocycles. The van der Waals surface area contributed by atoms with Crippen molar-refractivity contribution in [1.29, 1.82) is 0 Å². The number of likely N-dealkylation sites (tertiary alicyclic amines) is 1. The maximum absolute atomic E-state index is 12.9. The Bertz CT molecular complexity index is 614. The molecule has 6 nitrogen and oxygen atoms in total. The third-order valence-electron chi connectivity index (χ3n) is 6.49. The van der Waals surface area contributed by atoms with E-state index in [1.54, 1.807) is 6.20 Å². The number of piperidine rings is 1. The summed E-state index contributed by atoms with van der Waals surface area (Å²) < 4.78 is 5.46. The lowest BCUT2D eigenvalue weighted by molar-refractivity contribution is 0.00158. The number of carbonyl (C=O) groups excluding carboxylic acids is 1. The van der Waals surface area contributed by atoms with Crippen molar-refractivity contribution >= 4 is 11.7 Å². The van der Waals surface area contributed by atoms with Gasteiger partial charge in [0, 0.05) is 51.5 Å². The van der Waals surface area contributed by atoms with Crippen LogP contribution in [-0.4, -0.2) is 79.2 Å². The van der Waals surface area contributed by atoms with Crippen LogP contribution in [0.3, 0.4) is 0 Å². The summed E-state index contributed by atoms with van der Waals surface area (Å²) in [4.78, 5) is 24.5. The Labute approximate surface area is 168 Å². The first-order valence-electron chi connectivity index (χ1n) is 11.1. The van der Waals surface area contributed by atoms with Crippen molar-refractivity contribution in [1.82, 2.24) is 14.8 Å². The fourth-order valence-corrected chi connectivity index (χ4v) is 4.74. The predicted molar refractivity (Wildman–Crippen MR) is 111 cm³/mol. The molecule has 0 bridgehead atoms. The highest BCUT2D eigenvalue weighted by molar-refractivity contribution is 5.94. The molecule has 0 spiro atoms. The number of anilines is 1. The van der Waals surface area contributed by atoms with Gasteiger partial charge in [-0.05, 0) is 37.8 Å². The average Bonchev–Trinajstić information content (AvgIpc) is 2.74. The number of hydrogen-bond donors (Lipinski definition) is 0. The number of morpholine rings is 1. The van der Waals surface area contributed by atoms with E-state index in [4.69, 9.17) is 4.74 Å². The van der Waals surface area contributed by atoms with Crippen LogP contribution < -0.4 is 4.90 Å². The third kappa shape index (κ3) is 4.84. The van der Waals surface area contributed by atoms with Crippen LogP contribution in [0.15, 0.2) is 18.3 Å². The van der Waals surface area contributed by atoms with Crippen LogP contribution in [0, 0.1) is 0 Å². The van der Waals surface area contributed by atoms with E-state index in [1.807, 2.05) is 17.0 Å². The maximum atomic E-state index is 12.9. The molecule has 3 saturated heterocycles. The molecule has 6 heteroatoms. The standard InChI is InChI=1S/C22H34N4O2/c27-22(26-12-8-20(9-13-26)24-14-16-28-17-15-24)19-6-7-21(23-18-19)25-10-4-2-1-3-5-11-25/h6-7,18,20H,1-5,8-17H2. The zero-order valence-electron chi connectivity index (χ0n) is 17.0. The van der Waals surface area contributed by atoms with Gasteiger partial charge in [-0.25, -0.2) is 4.98 Å². The first-order chi connectivity index (χ1) is 13.8. The Morgan fingerprint density at radius 2 is 1.57 bits per heavy atom. The van der Waals surface area contributed by atoms with Crippen molar-refractivity contribution in [2.24, 2.45) is 0 Å². The molecule has 28 heavy (non-hydrogen) atoms. The van der Waals surface area contributed by atoms with Gasteiger partial charge >= 0.3 is 0 Å². The Hall–Kier alpha value is -1.66.